The molecular formula is C29H37NO3. The van der Waals surface area contributed by atoms with Gasteiger partial charge in [-0.05, 0) is 74.2 Å². The fourth-order valence-electron chi connectivity index (χ4n) is 3.64. The number of allylic oxidation sites excluding steroid dienone is 1. The van der Waals surface area contributed by atoms with Crippen LogP contribution in [0, 0.1) is 0 Å². The zero-order valence-electron chi connectivity index (χ0n) is 19.9. The monoisotopic (exact) mass is 447 g/mol. The Bertz CT molecular complexity index is 928. The second kappa shape index (κ2) is 14.2. The molecule has 0 N–H and O–H groups in total. The summed E-state index contributed by atoms with van der Waals surface area (Å²) in [4.78, 5) is 0. The zero-order chi connectivity index (χ0) is 23.1. The first-order valence-corrected chi connectivity index (χ1v) is 12.3. The molecule has 0 saturated heterocycles. The molecule has 0 saturated carbocycles. The fraction of sp³-hybridized carbons (Fsp3) is 0.414. The highest BCUT2D eigenvalue weighted by Gasteiger charge is 2.09. The minimum atomic E-state index is 0.721. The highest BCUT2D eigenvalue weighted by Crippen LogP contribution is 2.28. The molecule has 4 nitrogen and oxygen atoms in total. The smallest absolute Gasteiger partial charge is 0.167 e. The molecule has 0 aliphatic rings. The molecular weight excluding hydrogens is 410 g/mol. The Labute approximate surface area is 198 Å². The Balaban J connectivity index is 1.46. The van der Waals surface area contributed by atoms with Crippen molar-refractivity contribution in [3.8, 4) is 34.1 Å². The second-order valence-electron chi connectivity index (χ2n) is 8.37. The minimum absolute atomic E-state index is 0.721. The number of nitrogens with zero attached hydrogens (tertiary/aromatic N) is 1. The molecule has 0 atom stereocenters. The van der Waals surface area contributed by atoms with Crippen LogP contribution in [0.1, 0.15) is 64.7 Å². The van der Waals surface area contributed by atoms with Crippen molar-refractivity contribution in [2.75, 3.05) is 13.2 Å². The lowest BCUT2D eigenvalue weighted by atomic mass is 10.1. The van der Waals surface area contributed by atoms with Crippen molar-refractivity contribution in [1.82, 2.24) is 5.16 Å². The first-order chi connectivity index (χ1) is 16.3. The third kappa shape index (κ3) is 8.45. The lowest BCUT2D eigenvalue weighted by Crippen LogP contribution is -1.97. The van der Waals surface area contributed by atoms with Crippen LogP contribution < -0.4 is 9.47 Å². The number of hydrogen-bond acceptors (Lipinski definition) is 4. The molecule has 4 heteroatoms. The lowest BCUT2D eigenvalue weighted by Gasteiger charge is -2.06. The molecule has 1 aromatic heterocycles. The van der Waals surface area contributed by atoms with Gasteiger partial charge in [0.25, 0.3) is 0 Å². The van der Waals surface area contributed by atoms with Gasteiger partial charge >= 0.3 is 0 Å². The van der Waals surface area contributed by atoms with Gasteiger partial charge in [-0.25, -0.2) is 0 Å². The maximum atomic E-state index is 5.88. The van der Waals surface area contributed by atoms with Crippen molar-refractivity contribution < 1.29 is 14.0 Å². The Kier molecular flexibility index (Phi) is 10.6. The van der Waals surface area contributed by atoms with Crippen LogP contribution in [-0.2, 0) is 0 Å². The average molecular weight is 448 g/mol. The Morgan fingerprint density at radius 2 is 1.33 bits per heavy atom. The number of benzene rings is 2. The van der Waals surface area contributed by atoms with E-state index in [2.05, 4.69) is 18.7 Å². The maximum absolute atomic E-state index is 5.88. The molecule has 0 spiro atoms. The van der Waals surface area contributed by atoms with E-state index in [-0.39, 0.29) is 0 Å². The van der Waals surface area contributed by atoms with Crippen LogP contribution >= 0.6 is 0 Å². The SMILES string of the molecule is C=CCCCCOc1ccc(-c2cc(-c3ccc(OCCCCCCCC)cc3)no2)cc1. The van der Waals surface area contributed by atoms with E-state index in [4.69, 9.17) is 14.0 Å². The van der Waals surface area contributed by atoms with Gasteiger partial charge in [-0.2, -0.15) is 0 Å². The predicted molar refractivity (Wildman–Crippen MR) is 136 cm³/mol. The van der Waals surface area contributed by atoms with E-state index in [0.717, 1.165) is 73.0 Å². The van der Waals surface area contributed by atoms with E-state index in [0.29, 0.717) is 0 Å². The van der Waals surface area contributed by atoms with Crippen LogP contribution in [-0.4, -0.2) is 18.4 Å². The summed E-state index contributed by atoms with van der Waals surface area (Å²) in [5.74, 6) is 2.51. The molecule has 0 aliphatic carbocycles. The third-order valence-corrected chi connectivity index (χ3v) is 5.64. The van der Waals surface area contributed by atoms with Gasteiger partial charge < -0.3 is 14.0 Å². The molecule has 33 heavy (non-hydrogen) atoms. The highest BCUT2D eigenvalue weighted by atomic mass is 16.5. The van der Waals surface area contributed by atoms with Crippen molar-refractivity contribution in [2.45, 2.75) is 64.7 Å². The molecule has 0 bridgehead atoms. The van der Waals surface area contributed by atoms with E-state index in [1.54, 1.807) is 0 Å². The summed E-state index contributed by atoms with van der Waals surface area (Å²) < 4.78 is 17.3. The number of ether oxygens (including phenoxy) is 2. The average Bonchev–Trinajstić information content (AvgIpc) is 3.34. The number of hydrogen-bond donors (Lipinski definition) is 0. The number of unbranched alkanes of at least 4 members (excludes halogenated alkanes) is 7. The van der Waals surface area contributed by atoms with Crippen LogP contribution in [0.3, 0.4) is 0 Å². The molecule has 176 valence electrons. The van der Waals surface area contributed by atoms with Crippen LogP contribution in [0.25, 0.3) is 22.6 Å². The van der Waals surface area contributed by atoms with Gasteiger partial charge in [0.05, 0.1) is 13.2 Å². The van der Waals surface area contributed by atoms with Crippen LogP contribution in [0.15, 0.2) is 71.8 Å². The van der Waals surface area contributed by atoms with Crippen molar-refractivity contribution in [3.63, 3.8) is 0 Å². The number of rotatable bonds is 16. The quantitative estimate of drug-likeness (QED) is 0.163. The fourth-order valence-corrected chi connectivity index (χ4v) is 3.64. The summed E-state index contributed by atoms with van der Waals surface area (Å²) in [7, 11) is 0. The molecule has 0 amide bonds. The molecule has 1 heterocycles. The van der Waals surface area contributed by atoms with E-state index >= 15 is 0 Å². The normalized spacial score (nSPS) is 10.8. The molecule has 0 radical (unpaired) electrons. The summed E-state index contributed by atoms with van der Waals surface area (Å²) in [5.41, 5.74) is 2.80. The Morgan fingerprint density at radius 1 is 0.758 bits per heavy atom. The topological polar surface area (TPSA) is 44.5 Å². The Hall–Kier alpha value is -3.01. The number of aromatic nitrogens is 1. The predicted octanol–water partition coefficient (Wildman–Crippen LogP) is 8.48. The van der Waals surface area contributed by atoms with Gasteiger partial charge in [-0.15, -0.1) is 6.58 Å². The summed E-state index contributed by atoms with van der Waals surface area (Å²) in [6.45, 7) is 7.48. The Morgan fingerprint density at radius 3 is 1.97 bits per heavy atom. The first kappa shape index (κ1) is 24.6. The highest BCUT2D eigenvalue weighted by molar-refractivity contribution is 5.67. The van der Waals surface area contributed by atoms with E-state index in [9.17, 15) is 0 Å². The molecule has 0 aliphatic heterocycles. The van der Waals surface area contributed by atoms with Gasteiger partial charge in [0.1, 0.15) is 17.2 Å². The largest absolute Gasteiger partial charge is 0.494 e. The lowest BCUT2D eigenvalue weighted by molar-refractivity contribution is 0.304. The second-order valence-corrected chi connectivity index (χ2v) is 8.37. The van der Waals surface area contributed by atoms with Crippen molar-refractivity contribution in [2.24, 2.45) is 0 Å². The van der Waals surface area contributed by atoms with Crippen LogP contribution in [0.4, 0.5) is 0 Å². The molecule has 3 aromatic rings. The van der Waals surface area contributed by atoms with Gasteiger partial charge in [-0.3, -0.25) is 0 Å². The molecule has 0 unspecified atom stereocenters. The molecule has 3 rings (SSSR count). The van der Waals surface area contributed by atoms with Gasteiger partial charge in [0.2, 0.25) is 0 Å². The summed E-state index contributed by atoms with van der Waals surface area (Å²) >= 11 is 0. The van der Waals surface area contributed by atoms with Crippen LogP contribution in [0.5, 0.6) is 11.5 Å². The van der Waals surface area contributed by atoms with Crippen molar-refractivity contribution in [1.29, 1.82) is 0 Å². The minimum Gasteiger partial charge on any atom is -0.494 e. The zero-order valence-corrected chi connectivity index (χ0v) is 19.9. The van der Waals surface area contributed by atoms with Crippen molar-refractivity contribution in [3.05, 3.63) is 67.3 Å². The summed E-state index contributed by atoms with van der Waals surface area (Å²) in [6.07, 6.45) is 12.7. The van der Waals surface area contributed by atoms with Gasteiger partial charge in [0, 0.05) is 17.2 Å². The van der Waals surface area contributed by atoms with Crippen LogP contribution in [0.2, 0.25) is 0 Å². The molecule has 2 aromatic carbocycles. The third-order valence-electron chi connectivity index (χ3n) is 5.64. The standard InChI is InChI=1S/C29H37NO3/c1-3-5-7-9-10-12-22-32-26-17-13-24(14-18-26)28-23-29(33-30-28)25-15-19-27(20-16-25)31-21-11-8-6-4-2/h4,13-20,23H,2-3,5-12,21-22H2,1H3. The molecule has 0 fully saturated rings. The van der Waals surface area contributed by atoms with E-state index in [1.165, 1.54) is 32.1 Å². The summed E-state index contributed by atoms with van der Waals surface area (Å²) in [5, 5.41) is 4.25. The van der Waals surface area contributed by atoms with Gasteiger partial charge in [-0.1, -0.05) is 50.3 Å². The van der Waals surface area contributed by atoms with E-state index < -0.39 is 0 Å². The van der Waals surface area contributed by atoms with Gasteiger partial charge in [0.15, 0.2) is 5.76 Å². The summed E-state index contributed by atoms with van der Waals surface area (Å²) in [6, 6.07) is 18.0. The maximum Gasteiger partial charge on any atom is 0.167 e. The van der Waals surface area contributed by atoms with Crippen molar-refractivity contribution >= 4 is 0 Å². The first-order valence-electron chi connectivity index (χ1n) is 12.3. The van der Waals surface area contributed by atoms with E-state index in [1.807, 2.05) is 60.7 Å².